The molecule has 2 aromatic carbocycles. The van der Waals surface area contributed by atoms with E-state index in [1.807, 2.05) is 54.6 Å². The molecule has 3 nitrogen and oxygen atoms in total. The van der Waals surface area contributed by atoms with Crippen molar-refractivity contribution < 1.29 is 4.74 Å². The number of nitrogens with two attached hydrogens (primary N) is 1. The van der Waals surface area contributed by atoms with Gasteiger partial charge in [0.1, 0.15) is 5.75 Å². The number of rotatable bonds is 3. The maximum absolute atomic E-state index is 6.01. The SMILES string of the molecule is Nc1cncc(Br)c1Oc1ccccc1-c1ccccc1. The van der Waals surface area contributed by atoms with E-state index in [1.54, 1.807) is 12.4 Å². The Morgan fingerprint density at radius 3 is 2.38 bits per heavy atom. The molecule has 0 amide bonds. The van der Waals surface area contributed by atoms with E-state index in [9.17, 15) is 0 Å². The summed E-state index contributed by atoms with van der Waals surface area (Å²) in [5.41, 5.74) is 8.54. The van der Waals surface area contributed by atoms with Gasteiger partial charge in [0.05, 0.1) is 16.4 Å². The molecular weight excluding hydrogens is 328 g/mol. The standard InChI is InChI=1S/C17H13BrN2O/c18-14-10-20-11-15(19)17(14)21-16-9-5-4-8-13(16)12-6-2-1-3-7-12/h1-11H,19H2. The van der Waals surface area contributed by atoms with E-state index in [4.69, 9.17) is 10.5 Å². The van der Waals surface area contributed by atoms with Gasteiger partial charge in [0.2, 0.25) is 0 Å². The minimum atomic E-state index is 0.493. The van der Waals surface area contributed by atoms with E-state index >= 15 is 0 Å². The summed E-state index contributed by atoms with van der Waals surface area (Å²) in [4.78, 5) is 4.01. The van der Waals surface area contributed by atoms with Crippen LogP contribution in [0.2, 0.25) is 0 Å². The number of benzene rings is 2. The molecule has 0 aliphatic carbocycles. The van der Waals surface area contributed by atoms with Crippen LogP contribution >= 0.6 is 15.9 Å². The van der Waals surface area contributed by atoms with Gasteiger partial charge in [-0.3, -0.25) is 4.98 Å². The highest BCUT2D eigenvalue weighted by molar-refractivity contribution is 9.10. The van der Waals surface area contributed by atoms with Gasteiger partial charge in [0.25, 0.3) is 0 Å². The Balaban J connectivity index is 2.05. The summed E-state index contributed by atoms with van der Waals surface area (Å²) in [7, 11) is 0. The third-order valence-electron chi connectivity index (χ3n) is 3.06. The Labute approximate surface area is 131 Å². The number of aromatic nitrogens is 1. The molecule has 0 spiro atoms. The summed E-state index contributed by atoms with van der Waals surface area (Å²) in [5.74, 6) is 1.33. The zero-order chi connectivity index (χ0) is 14.7. The van der Waals surface area contributed by atoms with E-state index in [0.717, 1.165) is 21.3 Å². The fraction of sp³-hybridized carbons (Fsp3) is 0. The van der Waals surface area contributed by atoms with Crippen LogP contribution in [0.4, 0.5) is 5.69 Å². The third kappa shape index (κ3) is 2.90. The van der Waals surface area contributed by atoms with Gasteiger partial charge >= 0.3 is 0 Å². The van der Waals surface area contributed by atoms with Crippen LogP contribution in [0.1, 0.15) is 0 Å². The Morgan fingerprint density at radius 1 is 0.905 bits per heavy atom. The van der Waals surface area contributed by atoms with Crippen molar-refractivity contribution in [3.8, 4) is 22.6 Å². The number of nitrogens with zero attached hydrogens (tertiary/aromatic N) is 1. The molecule has 2 N–H and O–H groups in total. The number of ether oxygens (including phenoxy) is 1. The van der Waals surface area contributed by atoms with Crippen LogP contribution in [0.3, 0.4) is 0 Å². The minimum absolute atomic E-state index is 0.493. The van der Waals surface area contributed by atoms with Crippen molar-refractivity contribution in [1.29, 1.82) is 0 Å². The van der Waals surface area contributed by atoms with Gasteiger partial charge in [-0.05, 0) is 27.6 Å². The molecule has 4 heteroatoms. The molecule has 1 aromatic heterocycles. The first-order valence-corrected chi connectivity index (χ1v) is 7.26. The molecule has 0 aliphatic heterocycles. The molecule has 3 rings (SSSR count). The number of anilines is 1. The third-order valence-corrected chi connectivity index (χ3v) is 3.63. The van der Waals surface area contributed by atoms with Crippen molar-refractivity contribution in [3.05, 3.63) is 71.5 Å². The molecule has 0 unspecified atom stereocenters. The smallest absolute Gasteiger partial charge is 0.167 e. The maximum atomic E-state index is 6.01. The second-order valence-corrected chi connectivity index (χ2v) is 5.36. The second-order valence-electron chi connectivity index (χ2n) is 4.50. The molecule has 21 heavy (non-hydrogen) atoms. The lowest BCUT2D eigenvalue weighted by atomic mass is 10.1. The topological polar surface area (TPSA) is 48.1 Å². The lowest BCUT2D eigenvalue weighted by Crippen LogP contribution is -1.95. The molecule has 104 valence electrons. The van der Waals surface area contributed by atoms with Crippen LogP contribution in [0.25, 0.3) is 11.1 Å². The number of pyridine rings is 1. The first-order valence-electron chi connectivity index (χ1n) is 6.47. The monoisotopic (exact) mass is 340 g/mol. The van der Waals surface area contributed by atoms with E-state index < -0.39 is 0 Å². The van der Waals surface area contributed by atoms with Crippen molar-refractivity contribution in [3.63, 3.8) is 0 Å². The molecule has 0 fully saturated rings. The van der Waals surface area contributed by atoms with Crippen LogP contribution in [-0.4, -0.2) is 4.98 Å². The summed E-state index contributed by atoms with van der Waals surface area (Å²) in [5, 5.41) is 0. The van der Waals surface area contributed by atoms with Gasteiger partial charge < -0.3 is 10.5 Å². The highest BCUT2D eigenvalue weighted by Gasteiger charge is 2.11. The number of hydrogen-bond donors (Lipinski definition) is 1. The molecule has 0 bridgehead atoms. The van der Waals surface area contributed by atoms with E-state index in [-0.39, 0.29) is 0 Å². The molecule has 1 heterocycles. The minimum Gasteiger partial charge on any atom is -0.453 e. The number of hydrogen-bond acceptors (Lipinski definition) is 3. The Morgan fingerprint density at radius 2 is 1.62 bits per heavy atom. The van der Waals surface area contributed by atoms with Crippen molar-refractivity contribution >= 4 is 21.6 Å². The predicted octanol–water partition coefficient (Wildman–Crippen LogP) is 4.89. The zero-order valence-electron chi connectivity index (χ0n) is 11.2. The molecule has 0 saturated carbocycles. The lowest BCUT2D eigenvalue weighted by molar-refractivity contribution is 0.483. The molecular formula is C17H13BrN2O. The predicted molar refractivity (Wildman–Crippen MR) is 88.3 cm³/mol. The maximum Gasteiger partial charge on any atom is 0.167 e. The Kier molecular flexibility index (Phi) is 3.88. The second kappa shape index (κ2) is 5.97. The van der Waals surface area contributed by atoms with Crippen molar-refractivity contribution in [2.24, 2.45) is 0 Å². The quantitative estimate of drug-likeness (QED) is 0.738. The summed E-state index contributed by atoms with van der Waals surface area (Å²) in [6.07, 6.45) is 3.24. The largest absolute Gasteiger partial charge is 0.453 e. The van der Waals surface area contributed by atoms with Crippen molar-refractivity contribution in [1.82, 2.24) is 4.98 Å². The summed E-state index contributed by atoms with van der Waals surface area (Å²) in [6.45, 7) is 0. The van der Waals surface area contributed by atoms with Gasteiger partial charge in [-0.1, -0.05) is 48.5 Å². The average molecular weight is 341 g/mol. The number of para-hydroxylation sites is 1. The summed E-state index contributed by atoms with van der Waals surface area (Å²) >= 11 is 3.42. The fourth-order valence-corrected chi connectivity index (χ4v) is 2.50. The molecule has 3 aromatic rings. The van der Waals surface area contributed by atoms with Crippen molar-refractivity contribution in [2.45, 2.75) is 0 Å². The Bertz CT molecular complexity index is 739. The lowest BCUT2D eigenvalue weighted by Gasteiger charge is -2.13. The van der Waals surface area contributed by atoms with Gasteiger partial charge in [-0.25, -0.2) is 0 Å². The zero-order valence-corrected chi connectivity index (χ0v) is 12.7. The first-order chi connectivity index (χ1) is 10.3. The molecule has 0 atom stereocenters. The van der Waals surface area contributed by atoms with Crippen molar-refractivity contribution in [2.75, 3.05) is 5.73 Å². The Hall–Kier alpha value is -2.33. The average Bonchev–Trinajstić information content (AvgIpc) is 2.52. The van der Waals surface area contributed by atoms with Crippen LogP contribution in [0.5, 0.6) is 11.5 Å². The van der Waals surface area contributed by atoms with Crippen LogP contribution in [0, 0.1) is 0 Å². The highest BCUT2D eigenvalue weighted by Crippen LogP contribution is 2.38. The molecule has 0 aliphatic rings. The van der Waals surface area contributed by atoms with Gasteiger partial charge in [0, 0.05) is 11.8 Å². The van der Waals surface area contributed by atoms with E-state index in [1.165, 1.54) is 0 Å². The van der Waals surface area contributed by atoms with Crippen LogP contribution < -0.4 is 10.5 Å². The number of nitrogen functional groups attached to an aromatic ring is 1. The fourth-order valence-electron chi connectivity index (χ4n) is 2.07. The molecule has 0 radical (unpaired) electrons. The van der Waals surface area contributed by atoms with Crippen LogP contribution in [-0.2, 0) is 0 Å². The van der Waals surface area contributed by atoms with Crippen LogP contribution in [0.15, 0.2) is 71.5 Å². The summed E-state index contributed by atoms with van der Waals surface area (Å²) in [6, 6.07) is 18.0. The first kappa shape index (κ1) is 13.6. The van der Waals surface area contributed by atoms with Gasteiger partial charge in [-0.15, -0.1) is 0 Å². The van der Waals surface area contributed by atoms with E-state index in [2.05, 4.69) is 20.9 Å². The normalized spacial score (nSPS) is 10.3. The highest BCUT2D eigenvalue weighted by atomic mass is 79.9. The van der Waals surface area contributed by atoms with Gasteiger partial charge in [0.15, 0.2) is 5.75 Å². The number of halogens is 1. The summed E-state index contributed by atoms with van der Waals surface area (Å²) < 4.78 is 6.74. The van der Waals surface area contributed by atoms with E-state index in [0.29, 0.717) is 11.4 Å². The van der Waals surface area contributed by atoms with Gasteiger partial charge in [-0.2, -0.15) is 0 Å². The molecule has 0 saturated heterocycles.